The van der Waals surface area contributed by atoms with Gasteiger partial charge in [-0.3, -0.25) is 0 Å². The van der Waals surface area contributed by atoms with Crippen LogP contribution < -0.4 is 4.74 Å². The van der Waals surface area contributed by atoms with E-state index in [0.717, 1.165) is 30.1 Å². The van der Waals surface area contributed by atoms with E-state index in [-0.39, 0.29) is 6.03 Å². The zero-order chi connectivity index (χ0) is 11.8. The molecule has 4 nitrogen and oxygen atoms in total. The molecule has 2 aliphatic heterocycles. The molecule has 0 fully saturated rings. The number of amides is 2. The van der Waals surface area contributed by atoms with Crippen molar-refractivity contribution in [3.63, 3.8) is 0 Å². The molecule has 0 saturated heterocycles. The van der Waals surface area contributed by atoms with Crippen LogP contribution in [-0.4, -0.2) is 35.4 Å². The Labute approximate surface area is 99.4 Å². The molecule has 17 heavy (non-hydrogen) atoms. The molecule has 3 rings (SSSR count). The summed E-state index contributed by atoms with van der Waals surface area (Å²) in [5.74, 6) is 0.792. The molecule has 0 saturated carbocycles. The van der Waals surface area contributed by atoms with Crippen molar-refractivity contribution in [1.29, 1.82) is 0 Å². The van der Waals surface area contributed by atoms with Gasteiger partial charge in [-0.15, -0.1) is 0 Å². The Morgan fingerprint density at radius 2 is 2.06 bits per heavy atom. The molecule has 2 heterocycles. The van der Waals surface area contributed by atoms with Crippen molar-refractivity contribution < 1.29 is 14.1 Å². The number of hydrogen-bond acceptors (Lipinski definition) is 2. The Kier molecular flexibility index (Phi) is 2.21. The standard InChI is InChI=1S/C13H13N2O2/c1-17-12-6-4-10(5-7-12)15-9-11-3-2-8-14(11)13(15)16/h3-7,9H,2,8H2,1H3/q+1. The van der Waals surface area contributed by atoms with E-state index in [1.165, 1.54) is 0 Å². The summed E-state index contributed by atoms with van der Waals surface area (Å²) in [4.78, 5) is 13.9. The van der Waals surface area contributed by atoms with Gasteiger partial charge in [0, 0.05) is 6.42 Å². The van der Waals surface area contributed by atoms with Crippen LogP contribution in [0.15, 0.2) is 36.0 Å². The number of allylic oxidation sites excluding steroid dienone is 1. The number of nitrogens with zero attached hydrogens (tertiary/aromatic N) is 2. The van der Waals surface area contributed by atoms with Crippen molar-refractivity contribution in [2.45, 2.75) is 6.42 Å². The van der Waals surface area contributed by atoms with Crippen molar-refractivity contribution >= 4 is 17.9 Å². The van der Waals surface area contributed by atoms with Crippen LogP contribution in [0.4, 0.5) is 10.5 Å². The van der Waals surface area contributed by atoms with Gasteiger partial charge >= 0.3 is 6.03 Å². The van der Waals surface area contributed by atoms with Gasteiger partial charge in [-0.2, -0.15) is 14.3 Å². The summed E-state index contributed by atoms with van der Waals surface area (Å²) in [6, 6.07) is 7.51. The molecule has 1 aromatic carbocycles. The van der Waals surface area contributed by atoms with Crippen molar-refractivity contribution in [2.75, 3.05) is 13.7 Å². The monoisotopic (exact) mass is 229 g/mol. The van der Waals surface area contributed by atoms with Crippen molar-refractivity contribution in [2.24, 2.45) is 0 Å². The number of rotatable bonds is 2. The first-order chi connectivity index (χ1) is 8.29. The fraction of sp³-hybridized carbons (Fsp3) is 0.231. The van der Waals surface area contributed by atoms with Crippen LogP contribution in [0.1, 0.15) is 6.42 Å². The molecule has 0 N–H and O–H groups in total. The average molecular weight is 229 g/mol. The summed E-state index contributed by atoms with van der Waals surface area (Å²) in [6.45, 7) is 0.789. The Hall–Kier alpha value is -2.10. The lowest BCUT2D eigenvalue weighted by Crippen LogP contribution is -2.26. The molecule has 1 aromatic rings. The third kappa shape index (κ3) is 1.53. The molecule has 0 radical (unpaired) electrons. The summed E-state index contributed by atoms with van der Waals surface area (Å²) in [5, 5.41) is 0. The summed E-state index contributed by atoms with van der Waals surface area (Å²) in [7, 11) is 1.63. The summed E-state index contributed by atoms with van der Waals surface area (Å²) in [5.41, 5.74) is 1.87. The SMILES string of the molecule is COc1ccc([N+]2=CC3=CCCN3C2=O)cc1. The number of carbonyl (C=O) groups excluding carboxylic acids is 1. The van der Waals surface area contributed by atoms with E-state index in [2.05, 4.69) is 6.08 Å². The molecular weight excluding hydrogens is 216 g/mol. The third-order valence-corrected chi connectivity index (χ3v) is 3.07. The van der Waals surface area contributed by atoms with E-state index in [1.54, 1.807) is 16.6 Å². The van der Waals surface area contributed by atoms with Gasteiger partial charge < -0.3 is 4.74 Å². The van der Waals surface area contributed by atoms with Crippen LogP contribution in [0.25, 0.3) is 0 Å². The normalized spacial score (nSPS) is 17.9. The lowest BCUT2D eigenvalue weighted by Gasteiger charge is -2.04. The van der Waals surface area contributed by atoms with E-state index in [0.29, 0.717) is 0 Å². The fourth-order valence-electron chi connectivity index (χ4n) is 2.15. The number of hydrogen-bond donors (Lipinski definition) is 0. The number of carbonyl (C=O) groups is 1. The molecule has 0 bridgehead atoms. The molecule has 2 amide bonds. The topological polar surface area (TPSA) is 32.5 Å². The highest BCUT2D eigenvalue weighted by molar-refractivity contribution is 5.93. The Morgan fingerprint density at radius 1 is 1.29 bits per heavy atom. The third-order valence-electron chi connectivity index (χ3n) is 3.07. The number of urea groups is 1. The zero-order valence-electron chi connectivity index (χ0n) is 9.59. The summed E-state index contributed by atoms with van der Waals surface area (Å²) in [6.07, 6.45) is 4.92. The van der Waals surface area contributed by atoms with Crippen LogP contribution in [-0.2, 0) is 0 Å². The molecule has 0 atom stereocenters. The van der Waals surface area contributed by atoms with Gasteiger partial charge in [-0.25, -0.2) is 0 Å². The van der Waals surface area contributed by atoms with Crippen LogP contribution >= 0.6 is 0 Å². The van der Waals surface area contributed by atoms with Crippen LogP contribution in [0, 0.1) is 0 Å². The highest BCUT2D eigenvalue weighted by atomic mass is 16.5. The lowest BCUT2D eigenvalue weighted by atomic mass is 10.3. The maximum atomic E-state index is 12.1. The van der Waals surface area contributed by atoms with Gasteiger partial charge in [-0.1, -0.05) is 0 Å². The molecule has 0 spiro atoms. The number of methoxy groups -OCH3 is 1. The highest BCUT2D eigenvalue weighted by Crippen LogP contribution is 2.25. The van der Waals surface area contributed by atoms with E-state index in [9.17, 15) is 4.79 Å². The predicted molar refractivity (Wildman–Crippen MR) is 63.8 cm³/mol. The first-order valence-electron chi connectivity index (χ1n) is 5.59. The Morgan fingerprint density at radius 3 is 2.71 bits per heavy atom. The maximum absolute atomic E-state index is 12.1. The first-order valence-corrected chi connectivity index (χ1v) is 5.59. The molecule has 0 unspecified atom stereocenters. The van der Waals surface area contributed by atoms with Crippen molar-refractivity contribution in [1.82, 2.24) is 4.90 Å². The minimum atomic E-state index is 0.0268. The molecule has 2 aliphatic rings. The number of ether oxygens (including phenoxy) is 1. The predicted octanol–water partition coefficient (Wildman–Crippen LogP) is 2.13. The Balaban J connectivity index is 1.96. The van der Waals surface area contributed by atoms with E-state index >= 15 is 0 Å². The number of fused-ring (bicyclic) bond motifs is 1. The molecule has 0 aromatic heterocycles. The van der Waals surface area contributed by atoms with E-state index in [4.69, 9.17) is 4.74 Å². The van der Waals surface area contributed by atoms with Crippen molar-refractivity contribution in [3.8, 4) is 5.75 Å². The van der Waals surface area contributed by atoms with Gasteiger partial charge in [0.1, 0.15) is 17.7 Å². The van der Waals surface area contributed by atoms with Crippen LogP contribution in [0.2, 0.25) is 0 Å². The van der Waals surface area contributed by atoms with Gasteiger partial charge in [0.15, 0.2) is 5.70 Å². The summed E-state index contributed by atoms with van der Waals surface area (Å²) >= 11 is 0. The molecule has 0 aliphatic carbocycles. The van der Waals surface area contributed by atoms with E-state index in [1.807, 2.05) is 30.5 Å². The molecular formula is C13H13N2O2+. The van der Waals surface area contributed by atoms with Gasteiger partial charge in [0.2, 0.25) is 0 Å². The second kappa shape index (κ2) is 3.73. The summed E-state index contributed by atoms with van der Waals surface area (Å²) < 4.78 is 6.77. The second-order valence-corrected chi connectivity index (χ2v) is 4.05. The minimum Gasteiger partial charge on any atom is -0.497 e. The smallest absolute Gasteiger partial charge is 0.497 e. The van der Waals surface area contributed by atoms with Gasteiger partial charge in [0.05, 0.1) is 13.7 Å². The van der Waals surface area contributed by atoms with Crippen molar-refractivity contribution in [3.05, 3.63) is 36.0 Å². The fourth-order valence-corrected chi connectivity index (χ4v) is 2.15. The number of benzene rings is 1. The Bertz CT molecular complexity index is 529. The largest absolute Gasteiger partial charge is 0.503 e. The van der Waals surface area contributed by atoms with Gasteiger partial charge in [0.25, 0.3) is 0 Å². The lowest BCUT2D eigenvalue weighted by molar-refractivity contribution is -0.327. The minimum absolute atomic E-state index is 0.0268. The highest BCUT2D eigenvalue weighted by Gasteiger charge is 2.39. The second-order valence-electron chi connectivity index (χ2n) is 4.05. The zero-order valence-corrected chi connectivity index (χ0v) is 9.59. The molecule has 4 heteroatoms. The molecule has 86 valence electrons. The van der Waals surface area contributed by atoms with Gasteiger partial charge in [-0.05, 0) is 30.3 Å². The van der Waals surface area contributed by atoms with Crippen LogP contribution in [0.3, 0.4) is 0 Å². The average Bonchev–Trinajstić information content (AvgIpc) is 2.93. The van der Waals surface area contributed by atoms with E-state index < -0.39 is 0 Å². The first kappa shape index (κ1) is 10.1. The maximum Gasteiger partial charge on any atom is 0.503 e. The quantitative estimate of drug-likeness (QED) is 0.728. The van der Waals surface area contributed by atoms with Crippen LogP contribution in [0.5, 0.6) is 5.75 Å².